The number of methoxy groups -OCH3 is 3. The summed E-state index contributed by atoms with van der Waals surface area (Å²) in [7, 11) is 5.00. The van der Waals surface area contributed by atoms with E-state index in [1.54, 1.807) is 21.3 Å². The van der Waals surface area contributed by atoms with Gasteiger partial charge in [-0.15, -0.1) is 5.10 Å². The van der Waals surface area contributed by atoms with E-state index in [-0.39, 0.29) is 6.04 Å². The fourth-order valence-electron chi connectivity index (χ4n) is 4.71. The van der Waals surface area contributed by atoms with E-state index in [4.69, 9.17) is 14.2 Å². The molecule has 0 aliphatic carbocycles. The fourth-order valence-corrected chi connectivity index (χ4v) is 4.71. The standard InChI is InChI=1S/C26H36N6O3/c1-5-6-23(31-17-15-30(16-18-31)21-8-10-22(33-2)11-9-21)26-27-28-29-32(26)14-13-20-7-12-24(34-3)25(19-20)35-4/h7-12,19,23H,5-6,13-18H2,1-4H3. The van der Waals surface area contributed by atoms with Crippen LogP contribution in [-0.4, -0.2) is 72.6 Å². The van der Waals surface area contributed by atoms with Crippen LogP contribution in [0.25, 0.3) is 0 Å². The molecular weight excluding hydrogens is 444 g/mol. The van der Waals surface area contributed by atoms with Crippen molar-refractivity contribution in [3.05, 3.63) is 53.9 Å². The highest BCUT2D eigenvalue weighted by Gasteiger charge is 2.28. The largest absolute Gasteiger partial charge is 0.497 e. The van der Waals surface area contributed by atoms with Crippen molar-refractivity contribution in [2.45, 2.75) is 38.8 Å². The quantitative estimate of drug-likeness (QED) is 0.412. The first-order chi connectivity index (χ1) is 17.2. The molecule has 4 rings (SSSR count). The molecule has 1 fully saturated rings. The van der Waals surface area contributed by atoms with Crippen molar-refractivity contribution < 1.29 is 14.2 Å². The molecule has 1 aliphatic rings. The van der Waals surface area contributed by atoms with Gasteiger partial charge in [-0.05, 0) is 65.2 Å². The van der Waals surface area contributed by atoms with Gasteiger partial charge in [0.15, 0.2) is 17.3 Å². The van der Waals surface area contributed by atoms with Crippen LogP contribution in [0.15, 0.2) is 42.5 Å². The van der Waals surface area contributed by atoms with E-state index >= 15 is 0 Å². The average Bonchev–Trinajstić information content (AvgIpc) is 3.38. The Hall–Kier alpha value is -3.33. The summed E-state index contributed by atoms with van der Waals surface area (Å²) in [6.45, 7) is 6.82. The molecule has 3 aromatic rings. The summed E-state index contributed by atoms with van der Waals surface area (Å²) in [5.74, 6) is 3.30. The van der Waals surface area contributed by atoms with Crippen molar-refractivity contribution in [2.75, 3.05) is 52.4 Å². The van der Waals surface area contributed by atoms with E-state index < -0.39 is 0 Å². The Morgan fingerprint density at radius 1 is 0.886 bits per heavy atom. The second-order valence-electron chi connectivity index (χ2n) is 8.73. The average molecular weight is 481 g/mol. The molecule has 0 saturated carbocycles. The SMILES string of the molecule is CCCC(c1nnnn1CCc1ccc(OC)c(OC)c1)N1CCN(c2ccc(OC)cc2)CC1. The van der Waals surface area contributed by atoms with Gasteiger partial charge in [0, 0.05) is 38.4 Å². The lowest BCUT2D eigenvalue weighted by Crippen LogP contribution is -2.48. The number of rotatable bonds is 11. The monoisotopic (exact) mass is 480 g/mol. The topological polar surface area (TPSA) is 77.8 Å². The molecule has 1 aromatic heterocycles. The lowest BCUT2D eigenvalue weighted by atomic mass is 10.1. The van der Waals surface area contributed by atoms with Gasteiger partial charge in [0.1, 0.15) is 5.75 Å². The summed E-state index contributed by atoms with van der Waals surface area (Å²) in [5.41, 5.74) is 2.39. The van der Waals surface area contributed by atoms with Crippen molar-refractivity contribution in [2.24, 2.45) is 0 Å². The van der Waals surface area contributed by atoms with Gasteiger partial charge in [-0.2, -0.15) is 0 Å². The van der Waals surface area contributed by atoms with Gasteiger partial charge in [0.05, 0.1) is 27.4 Å². The van der Waals surface area contributed by atoms with Crippen LogP contribution < -0.4 is 19.1 Å². The smallest absolute Gasteiger partial charge is 0.168 e. The zero-order valence-electron chi connectivity index (χ0n) is 21.2. The minimum atomic E-state index is 0.207. The maximum atomic E-state index is 5.45. The van der Waals surface area contributed by atoms with Crippen molar-refractivity contribution in [3.63, 3.8) is 0 Å². The fraction of sp³-hybridized carbons (Fsp3) is 0.500. The van der Waals surface area contributed by atoms with Crippen molar-refractivity contribution in [1.29, 1.82) is 0 Å². The molecule has 1 atom stereocenters. The predicted octanol–water partition coefficient (Wildman–Crippen LogP) is 3.61. The Labute approximate surface area is 207 Å². The second kappa shape index (κ2) is 11.9. The number of piperazine rings is 1. The highest BCUT2D eigenvalue weighted by atomic mass is 16.5. The lowest BCUT2D eigenvalue weighted by molar-refractivity contribution is 0.164. The van der Waals surface area contributed by atoms with E-state index in [1.807, 2.05) is 28.9 Å². The van der Waals surface area contributed by atoms with Gasteiger partial charge >= 0.3 is 0 Å². The number of tetrazole rings is 1. The van der Waals surface area contributed by atoms with Gasteiger partial charge < -0.3 is 19.1 Å². The summed E-state index contributed by atoms with van der Waals surface area (Å²) in [6.07, 6.45) is 2.91. The van der Waals surface area contributed by atoms with Crippen molar-refractivity contribution in [1.82, 2.24) is 25.1 Å². The molecule has 1 aliphatic heterocycles. The molecule has 0 bridgehead atoms. The molecule has 188 valence electrons. The first-order valence-corrected chi connectivity index (χ1v) is 12.3. The third-order valence-electron chi connectivity index (χ3n) is 6.67. The summed E-state index contributed by atoms with van der Waals surface area (Å²) in [4.78, 5) is 4.96. The first-order valence-electron chi connectivity index (χ1n) is 12.3. The summed E-state index contributed by atoms with van der Waals surface area (Å²) < 4.78 is 18.1. The van der Waals surface area contributed by atoms with Crippen LogP contribution in [0.3, 0.4) is 0 Å². The van der Waals surface area contributed by atoms with E-state index in [0.717, 1.165) is 74.1 Å². The van der Waals surface area contributed by atoms with Crippen LogP contribution in [0, 0.1) is 0 Å². The van der Waals surface area contributed by atoms with Gasteiger partial charge in [0.25, 0.3) is 0 Å². The number of anilines is 1. The van der Waals surface area contributed by atoms with Crippen LogP contribution in [0.5, 0.6) is 17.2 Å². The Morgan fingerprint density at radius 2 is 1.63 bits per heavy atom. The number of ether oxygens (including phenoxy) is 3. The third-order valence-corrected chi connectivity index (χ3v) is 6.67. The summed E-state index contributed by atoms with van der Waals surface area (Å²) >= 11 is 0. The number of hydrogen-bond donors (Lipinski definition) is 0. The lowest BCUT2D eigenvalue weighted by Gasteiger charge is -2.39. The molecule has 1 unspecified atom stereocenters. The van der Waals surface area contributed by atoms with Crippen molar-refractivity contribution >= 4 is 5.69 Å². The summed E-state index contributed by atoms with van der Waals surface area (Å²) in [6, 6.07) is 14.5. The number of hydrogen-bond acceptors (Lipinski definition) is 8. The van der Waals surface area contributed by atoms with E-state index in [9.17, 15) is 0 Å². The Balaban J connectivity index is 1.41. The Bertz CT molecular complexity index is 1060. The first kappa shape index (κ1) is 24.8. The molecule has 0 radical (unpaired) electrons. The van der Waals surface area contributed by atoms with E-state index in [0.29, 0.717) is 6.54 Å². The van der Waals surface area contributed by atoms with Crippen LogP contribution in [0.2, 0.25) is 0 Å². The maximum Gasteiger partial charge on any atom is 0.168 e. The highest BCUT2D eigenvalue weighted by molar-refractivity contribution is 5.49. The minimum absolute atomic E-state index is 0.207. The van der Waals surface area contributed by atoms with E-state index in [2.05, 4.69) is 50.4 Å². The third kappa shape index (κ3) is 5.85. The molecule has 1 saturated heterocycles. The molecule has 0 spiro atoms. The van der Waals surface area contributed by atoms with Gasteiger partial charge in [-0.3, -0.25) is 4.90 Å². The molecule has 35 heavy (non-hydrogen) atoms. The molecule has 0 N–H and O–H groups in total. The molecule has 2 heterocycles. The van der Waals surface area contributed by atoms with Crippen LogP contribution >= 0.6 is 0 Å². The van der Waals surface area contributed by atoms with Crippen molar-refractivity contribution in [3.8, 4) is 17.2 Å². The maximum absolute atomic E-state index is 5.45. The highest BCUT2D eigenvalue weighted by Crippen LogP contribution is 2.29. The Kier molecular flexibility index (Phi) is 8.41. The normalized spacial score (nSPS) is 15.1. The van der Waals surface area contributed by atoms with Gasteiger partial charge in [0.2, 0.25) is 0 Å². The second-order valence-corrected chi connectivity index (χ2v) is 8.73. The van der Waals surface area contributed by atoms with E-state index in [1.165, 1.54) is 5.69 Å². The molecule has 9 nitrogen and oxygen atoms in total. The zero-order valence-corrected chi connectivity index (χ0v) is 21.2. The molecule has 0 amide bonds. The number of aromatic nitrogens is 4. The predicted molar refractivity (Wildman–Crippen MR) is 135 cm³/mol. The summed E-state index contributed by atoms with van der Waals surface area (Å²) in [5, 5.41) is 12.8. The minimum Gasteiger partial charge on any atom is -0.497 e. The molecule has 2 aromatic carbocycles. The van der Waals surface area contributed by atoms with Gasteiger partial charge in [-0.25, -0.2) is 4.68 Å². The van der Waals surface area contributed by atoms with Crippen LogP contribution in [0.1, 0.15) is 37.2 Å². The zero-order chi connectivity index (χ0) is 24.6. The number of benzene rings is 2. The Morgan fingerprint density at radius 3 is 2.29 bits per heavy atom. The number of aryl methyl sites for hydroxylation is 2. The van der Waals surface area contributed by atoms with Gasteiger partial charge in [-0.1, -0.05) is 19.4 Å². The molecular formula is C26H36N6O3. The van der Waals surface area contributed by atoms with Crippen LogP contribution in [-0.2, 0) is 13.0 Å². The van der Waals surface area contributed by atoms with Crippen LogP contribution in [0.4, 0.5) is 5.69 Å². The number of nitrogens with zero attached hydrogens (tertiary/aromatic N) is 6. The molecule has 9 heteroatoms.